The van der Waals surface area contributed by atoms with Gasteiger partial charge < -0.3 is 19.9 Å². The third-order valence-electron chi connectivity index (χ3n) is 4.28. The second-order valence-electron chi connectivity index (χ2n) is 6.42. The maximum absolute atomic E-state index is 9.79. The standard InChI is InChI=1S/C19H20N6O2/c1-12-5-17(19-22-16(10-27)8-24(19)7-12)21-15-3-4-18(14(6-15)9-26)25-11-20-13(2)23-25/h3-8,11,21,26-27H,9-10H2,1-2H3. The highest BCUT2D eigenvalue weighted by Gasteiger charge is 2.11. The predicted molar refractivity (Wildman–Crippen MR) is 101 cm³/mol. The maximum Gasteiger partial charge on any atom is 0.160 e. The summed E-state index contributed by atoms with van der Waals surface area (Å²) in [6.07, 6.45) is 5.40. The Morgan fingerprint density at radius 3 is 2.63 bits per heavy atom. The van der Waals surface area contributed by atoms with Crippen molar-refractivity contribution in [3.8, 4) is 5.69 Å². The van der Waals surface area contributed by atoms with E-state index in [2.05, 4.69) is 20.4 Å². The summed E-state index contributed by atoms with van der Waals surface area (Å²) in [7, 11) is 0. The zero-order chi connectivity index (χ0) is 19.0. The third kappa shape index (κ3) is 3.27. The molecule has 0 bridgehead atoms. The lowest BCUT2D eigenvalue weighted by molar-refractivity contribution is 0.277. The molecular weight excluding hydrogens is 344 g/mol. The van der Waals surface area contributed by atoms with Gasteiger partial charge in [0.1, 0.15) is 12.2 Å². The van der Waals surface area contributed by atoms with Gasteiger partial charge in [0.25, 0.3) is 0 Å². The lowest BCUT2D eigenvalue weighted by Crippen LogP contribution is -2.03. The Kier molecular flexibility index (Phi) is 4.35. The Morgan fingerprint density at radius 2 is 1.93 bits per heavy atom. The molecule has 0 amide bonds. The molecule has 3 aromatic heterocycles. The second-order valence-corrected chi connectivity index (χ2v) is 6.42. The molecule has 3 heterocycles. The molecule has 0 aliphatic carbocycles. The molecule has 0 aliphatic rings. The molecule has 0 saturated heterocycles. The Hall–Kier alpha value is -3.23. The molecule has 4 aromatic rings. The number of aliphatic hydroxyl groups excluding tert-OH is 2. The number of aryl methyl sites for hydroxylation is 2. The van der Waals surface area contributed by atoms with Crippen LogP contribution in [0.3, 0.4) is 0 Å². The monoisotopic (exact) mass is 364 g/mol. The topological polar surface area (TPSA) is 100 Å². The lowest BCUT2D eigenvalue weighted by atomic mass is 10.1. The Morgan fingerprint density at radius 1 is 1.07 bits per heavy atom. The molecule has 27 heavy (non-hydrogen) atoms. The van der Waals surface area contributed by atoms with Crippen LogP contribution >= 0.6 is 0 Å². The van der Waals surface area contributed by atoms with Gasteiger partial charge in [0.15, 0.2) is 5.65 Å². The summed E-state index contributed by atoms with van der Waals surface area (Å²) < 4.78 is 3.54. The van der Waals surface area contributed by atoms with Crippen molar-refractivity contribution in [2.24, 2.45) is 0 Å². The molecule has 1 aromatic carbocycles. The van der Waals surface area contributed by atoms with Crippen molar-refractivity contribution < 1.29 is 10.2 Å². The highest BCUT2D eigenvalue weighted by atomic mass is 16.3. The molecule has 138 valence electrons. The van der Waals surface area contributed by atoms with E-state index < -0.39 is 0 Å². The van der Waals surface area contributed by atoms with Crippen molar-refractivity contribution in [1.29, 1.82) is 0 Å². The molecule has 0 spiro atoms. The van der Waals surface area contributed by atoms with Gasteiger partial charge in [0.05, 0.1) is 30.3 Å². The van der Waals surface area contributed by atoms with Gasteiger partial charge in [-0.05, 0) is 43.7 Å². The van der Waals surface area contributed by atoms with E-state index in [0.29, 0.717) is 11.5 Å². The number of anilines is 2. The molecule has 0 fully saturated rings. The number of benzene rings is 1. The van der Waals surface area contributed by atoms with Gasteiger partial charge in [-0.2, -0.15) is 5.10 Å². The van der Waals surface area contributed by atoms with E-state index >= 15 is 0 Å². The normalized spacial score (nSPS) is 11.3. The van der Waals surface area contributed by atoms with Gasteiger partial charge in [-0.15, -0.1) is 0 Å². The van der Waals surface area contributed by atoms with Crippen molar-refractivity contribution in [3.63, 3.8) is 0 Å². The molecular formula is C19H20N6O2. The molecule has 0 saturated carbocycles. The van der Waals surface area contributed by atoms with Crippen LogP contribution in [0, 0.1) is 13.8 Å². The molecule has 0 unspecified atom stereocenters. The van der Waals surface area contributed by atoms with E-state index in [0.717, 1.165) is 33.8 Å². The highest BCUT2D eigenvalue weighted by Crippen LogP contribution is 2.26. The zero-order valence-corrected chi connectivity index (χ0v) is 15.1. The quantitative estimate of drug-likeness (QED) is 0.502. The van der Waals surface area contributed by atoms with E-state index in [-0.39, 0.29) is 13.2 Å². The maximum atomic E-state index is 9.79. The molecule has 3 N–H and O–H groups in total. The smallest absolute Gasteiger partial charge is 0.160 e. The number of aromatic nitrogens is 5. The number of nitrogens with zero attached hydrogens (tertiary/aromatic N) is 5. The average Bonchev–Trinajstić information content (AvgIpc) is 3.27. The predicted octanol–water partition coefficient (Wildman–Crippen LogP) is 2.26. The first-order chi connectivity index (χ1) is 13.1. The summed E-state index contributed by atoms with van der Waals surface area (Å²) in [6.45, 7) is 3.59. The van der Waals surface area contributed by atoms with Crippen LogP contribution in [0.5, 0.6) is 0 Å². The van der Waals surface area contributed by atoms with Gasteiger partial charge in [0.2, 0.25) is 0 Å². The Balaban J connectivity index is 1.73. The number of imidazole rings is 1. The van der Waals surface area contributed by atoms with Crippen LogP contribution in [-0.2, 0) is 13.2 Å². The fourth-order valence-corrected chi connectivity index (χ4v) is 3.09. The van der Waals surface area contributed by atoms with Gasteiger partial charge in [-0.3, -0.25) is 0 Å². The summed E-state index contributed by atoms with van der Waals surface area (Å²) in [5, 5.41) is 26.8. The van der Waals surface area contributed by atoms with E-state index in [1.54, 1.807) is 11.0 Å². The minimum atomic E-state index is -0.120. The largest absolute Gasteiger partial charge is 0.392 e. The number of hydrogen-bond acceptors (Lipinski definition) is 6. The van der Waals surface area contributed by atoms with Gasteiger partial charge in [-0.1, -0.05) is 0 Å². The summed E-state index contributed by atoms with van der Waals surface area (Å²) in [5.41, 5.74) is 5.55. The highest BCUT2D eigenvalue weighted by molar-refractivity contribution is 5.75. The number of pyridine rings is 1. The first-order valence-corrected chi connectivity index (χ1v) is 8.56. The summed E-state index contributed by atoms with van der Waals surface area (Å²) in [4.78, 5) is 8.59. The fourth-order valence-electron chi connectivity index (χ4n) is 3.09. The van der Waals surface area contributed by atoms with Crippen LogP contribution in [0.2, 0.25) is 0 Å². The first-order valence-electron chi connectivity index (χ1n) is 8.56. The van der Waals surface area contributed by atoms with E-state index in [1.165, 1.54) is 0 Å². The number of nitrogens with one attached hydrogen (secondary N) is 1. The molecule has 0 atom stereocenters. The Bertz CT molecular complexity index is 1110. The van der Waals surface area contributed by atoms with Crippen LogP contribution in [0.4, 0.5) is 11.4 Å². The van der Waals surface area contributed by atoms with E-state index in [4.69, 9.17) is 0 Å². The minimum absolute atomic E-state index is 0.110. The van der Waals surface area contributed by atoms with Gasteiger partial charge >= 0.3 is 0 Å². The minimum Gasteiger partial charge on any atom is -0.392 e. The van der Waals surface area contributed by atoms with Crippen LogP contribution in [0.25, 0.3) is 11.3 Å². The number of hydrogen-bond donors (Lipinski definition) is 3. The van der Waals surface area contributed by atoms with Crippen molar-refractivity contribution in [2.45, 2.75) is 27.1 Å². The molecule has 8 nitrogen and oxygen atoms in total. The molecule has 0 aliphatic heterocycles. The summed E-state index contributed by atoms with van der Waals surface area (Å²) in [6, 6.07) is 7.68. The van der Waals surface area contributed by atoms with Crippen LogP contribution in [0.15, 0.2) is 43.0 Å². The molecule has 4 rings (SSSR count). The third-order valence-corrected chi connectivity index (χ3v) is 4.28. The number of rotatable bonds is 5. The average molecular weight is 364 g/mol. The molecule has 0 radical (unpaired) electrons. The van der Waals surface area contributed by atoms with E-state index in [9.17, 15) is 10.2 Å². The summed E-state index contributed by atoms with van der Waals surface area (Å²) >= 11 is 0. The zero-order valence-electron chi connectivity index (χ0n) is 15.1. The summed E-state index contributed by atoms with van der Waals surface area (Å²) in [5.74, 6) is 0.669. The number of fused-ring (bicyclic) bond motifs is 1. The van der Waals surface area contributed by atoms with Gasteiger partial charge in [0, 0.05) is 23.6 Å². The second kappa shape index (κ2) is 6.82. The Labute approximate surface area is 155 Å². The van der Waals surface area contributed by atoms with Crippen molar-refractivity contribution >= 4 is 17.0 Å². The van der Waals surface area contributed by atoms with Gasteiger partial charge in [-0.25, -0.2) is 14.6 Å². The van der Waals surface area contributed by atoms with Crippen LogP contribution in [0.1, 0.15) is 22.6 Å². The van der Waals surface area contributed by atoms with Crippen LogP contribution < -0.4 is 5.32 Å². The van der Waals surface area contributed by atoms with Crippen molar-refractivity contribution in [2.75, 3.05) is 5.32 Å². The lowest BCUT2D eigenvalue weighted by Gasteiger charge is -2.13. The van der Waals surface area contributed by atoms with Crippen molar-refractivity contribution in [3.05, 3.63) is 65.6 Å². The van der Waals surface area contributed by atoms with Crippen LogP contribution in [-0.4, -0.2) is 34.4 Å². The number of aliphatic hydroxyl groups is 2. The van der Waals surface area contributed by atoms with Crippen molar-refractivity contribution in [1.82, 2.24) is 24.1 Å². The molecule has 8 heteroatoms. The first kappa shape index (κ1) is 17.2. The van der Waals surface area contributed by atoms with E-state index in [1.807, 2.05) is 54.9 Å². The SMILES string of the molecule is Cc1cc(Nc2ccc(-n3cnc(C)n3)c(CO)c2)c2nc(CO)cn2c1. The fraction of sp³-hybridized carbons (Fsp3) is 0.211.